The molecular weight excluding hydrogens is 334 g/mol. The SMILES string of the molecule is Cc1ccc(NC(=O)N2CCCC(C(=O)O)C2)cc1NC(=O)C(C)(C)C. The van der Waals surface area contributed by atoms with E-state index in [0.29, 0.717) is 30.8 Å². The predicted octanol–water partition coefficient (Wildman–Crippen LogP) is 3.31. The van der Waals surface area contributed by atoms with Gasteiger partial charge >= 0.3 is 12.0 Å². The summed E-state index contributed by atoms with van der Waals surface area (Å²) in [5, 5.41) is 14.8. The van der Waals surface area contributed by atoms with Gasteiger partial charge < -0.3 is 20.6 Å². The van der Waals surface area contributed by atoms with Gasteiger partial charge in [0.2, 0.25) is 5.91 Å². The summed E-state index contributed by atoms with van der Waals surface area (Å²) in [4.78, 5) is 37.3. The maximum atomic E-state index is 12.4. The lowest BCUT2D eigenvalue weighted by Gasteiger charge is -2.30. The summed E-state index contributed by atoms with van der Waals surface area (Å²) in [6, 6.07) is 4.98. The summed E-state index contributed by atoms with van der Waals surface area (Å²) in [6.07, 6.45) is 1.26. The second kappa shape index (κ2) is 7.76. The van der Waals surface area contributed by atoms with E-state index >= 15 is 0 Å². The van der Waals surface area contributed by atoms with E-state index in [1.165, 1.54) is 4.90 Å². The van der Waals surface area contributed by atoms with Crippen LogP contribution in [0.25, 0.3) is 0 Å². The van der Waals surface area contributed by atoms with Crippen molar-refractivity contribution in [1.29, 1.82) is 0 Å². The highest BCUT2D eigenvalue weighted by Gasteiger charge is 2.28. The van der Waals surface area contributed by atoms with Gasteiger partial charge in [0.15, 0.2) is 0 Å². The van der Waals surface area contributed by atoms with Crippen molar-refractivity contribution in [2.75, 3.05) is 23.7 Å². The van der Waals surface area contributed by atoms with Crippen molar-refractivity contribution in [2.45, 2.75) is 40.5 Å². The van der Waals surface area contributed by atoms with Crippen LogP contribution in [-0.4, -0.2) is 41.0 Å². The van der Waals surface area contributed by atoms with Gasteiger partial charge in [0.25, 0.3) is 0 Å². The zero-order valence-corrected chi connectivity index (χ0v) is 15.8. The molecule has 1 saturated heterocycles. The molecule has 0 radical (unpaired) electrons. The molecule has 3 amide bonds. The van der Waals surface area contributed by atoms with E-state index in [1.807, 2.05) is 33.8 Å². The molecule has 1 heterocycles. The van der Waals surface area contributed by atoms with Gasteiger partial charge in [0.1, 0.15) is 0 Å². The van der Waals surface area contributed by atoms with Gasteiger partial charge in [-0.2, -0.15) is 0 Å². The molecule has 3 N–H and O–H groups in total. The van der Waals surface area contributed by atoms with Crippen LogP contribution in [0, 0.1) is 18.3 Å². The Kier molecular flexibility index (Phi) is 5.90. The molecule has 7 nitrogen and oxygen atoms in total. The maximum Gasteiger partial charge on any atom is 0.321 e. The quantitative estimate of drug-likeness (QED) is 0.769. The Morgan fingerprint density at radius 2 is 1.88 bits per heavy atom. The third-order valence-electron chi connectivity index (χ3n) is 4.48. The number of hydrogen-bond acceptors (Lipinski definition) is 3. The molecule has 2 rings (SSSR count). The first-order valence-corrected chi connectivity index (χ1v) is 8.79. The van der Waals surface area contributed by atoms with Gasteiger partial charge in [-0.1, -0.05) is 26.8 Å². The summed E-state index contributed by atoms with van der Waals surface area (Å²) < 4.78 is 0. The third-order valence-corrected chi connectivity index (χ3v) is 4.48. The molecule has 0 saturated carbocycles. The Labute approximate surface area is 153 Å². The van der Waals surface area contributed by atoms with Crippen LogP contribution in [0.2, 0.25) is 0 Å². The van der Waals surface area contributed by atoms with E-state index in [-0.39, 0.29) is 18.5 Å². The van der Waals surface area contributed by atoms with Gasteiger partial charge in [-0.15, -0.1) is 0 Å². The predicted molar refractivity (Wildman–Crippen MR) is 100 cm³/mol. The van der Waals surface area contributed by atoms with E-state index in [9.17, 15) is 14.4 Å². The normalized spacial score (nSPS) is 17.5. The number of nitrogens with one attached hydrogen (secondary N) is 2. The van der Waals surface area contributed by atoms with Crippen molar-refractivity contribution in [1.82, 2.24) is 4.90 Å². The first kappa shape index (κ1) is 19.8. The first-order valence-electron chi connectivity index (χ1n) is 8.79. The Bertz CT molecular complexity index is 709. The second-order valence-electron chi connectivity index (χ2n) is 7.79. The number of nitrogens with zero attached hydrogens (tertiary/aromatic N) is 1. The number of anilines is 2. The summed E-state index contributed by atoms with van der Waals surface area (Å²) >= 11 is 0. The topological polar surface area (TPSA) is 98.7 Å². The molecule has 1 aliphatic heterocycles. The van der Waals surface area contributed by atoms with Crippen LogP contribution in [0.5, 0.6) is 0 Å². The Morgan fingerprint density at radius 1 is 1.19 bits per heavy atom. The third kappa shape index (κ3) is 4.97. The Balaban J connectivity index is 2.07. The monoisotopic (exact) mass is 361 g/mol. The van der Waals surface area contributed by atoms with E-state index in [4.69, 9.17) is 5.11 Å². The number of carboxylic acid groups (broad SMARTS) is 1. The number of aryl methyl sites for hydroxylation is 1. The number of aliphatic carboxylic acids is 1. The molecule has 7 heteroatoms. The van der Waals surface area contributed by atoms with Crippen LogP contribution in [0.15, 0.2) is 18.2 Å². The molecule has 1 atom stereocenters. The molecule has 0 bridgehead atoms. The van der Waals surface area contributed by atoms with E-state index in [1.54, 1.807) is 12.1 Å². The Morgan fingerprint density at radius 3 is 2.50 bits per heavy atom. The fourth-order valence-corrected chi connectivity index (χ4v) is 2.71. The zero-order valence-electron chi connectivity index (χ0n) is 15.8. The molecule has 1 fully saturated rings. The van der Waals surface area contributed by atoms with E-state index in [0.717, 1.165) is 5.56 Å². The molecule has 1 aromatic carbocycles. The number of urea groups is 1. The molecule has 0 aromatic heterocycles. The lowest BCUT2D eigenvalue weighted by atomic mass is 9.95. The molecule has 1 aliphatic rings. The summed E-state index contributed by atoms with van der Waals surface area (Å²) in [6.45, 7) is 8.12. The van der Waals surface area contributed by atoms with Crippen molar-refractivity contribution in [2.24, 2.45) is 11.3 Å². The van der Waals surface area contributed by atoms with E-state index in [2.05, 4.69) is 10.6 Å². The van der Waals surface area contributed by atoms with Gasteiger partial charge in [0, 0.05) is 29.9 Å². The molecule has 26 heavy (non-hydrogen) atoms. The zero-order chi connectivity index (χ0) is 19.5. The number of likely N-dealkylation sites (tertiary alicyclic amines) is 1. The molecular formula is C19H27N3O4. The number of carbonyl (C=O) groups is 3. The number of hydrogen-bond donors (Lipinski definition) is 3. The van der Waals surface area contributed by atoms with Crippen molar-refractivity contribution in [3.63, 3.8) is 0 Å². The average Bonchev–Trinajstić information content (AvgIpc) is 2.57. The smallest absolute Gasteiger partial charge is 0.321 e. The van der Waals surface area contributed by atoms with Gasteiger partial charge in [-0.25, -0.2) is 4.79 Å². The minimum Gasteiger partial charge on any atom is -0.481 e. The van der Waals surface area contributed by atoms with Crippen molar-refractivity contribution in [3.05, 3.63) is 23.8 Å². The minimum absolute atomic E-state index is 0.107. The van der Waals surface area contributed by atoms with Crippen LogP contribution < -0.4 is 10.6 Å². The molecule has 0 spiro atoms. The summed E-state index contributed by atoms with van der Waals surface area (Å²) in [5.41, 5.74) is 1.57. The minimum atomic E-state index is -0.870. The van der Waals surface area contributed by atoms with Crippen LogP contribution in [0.1, 0.15) is 39.2 Å². The average molecular weight is 361 g/mol. The number of rotatable bonds is 3. The van der Waals surface area contributed by atoms with Crippen molar-refractivity contribution >= 4 is 29.3 Å². The number of amides is 3. The number of benzene rings is 1. The molecule has 1 aromatic rings. The fourth-order valence-electron chi connectivity index (χ4n) is 2.71. The highest BCUT2D eigenvalue weighted by molar-refractivity contribution is 5.96. The molecule has 1 unspecified atom stereocenters. The van der Waals surface area contributed by atoms with Crippen molar-refractivity contribution in [3.8, 4) is 0 Å². The maximum absolute atomic E-state index is 12.4. The second-order valence-corrected chi connectivity index (χ2v) is 7.79. The molecule has 142 valence electrons. The van der Waals surface area contributed by atoms with Gasteiger partial charge in [-0.05, 0) is 37.5 Å². The van der Waals surface area contributed by atoms with Gasteiger partial charge in [0.05, 0.1) is 5.92 Å². The molecule has 0 aliphatic carbocycles. The lowest BCUT2D eigenvalue weighted by molar-refractivity contribution is -0.143. The standard InChI is InChI=1S/C19H27N3O4/c1-12-7-8-14(10-15(12)21-17(25)19(2,3)4)20-18(26)22-9-5-6-13(11-22)16(23)24/h7-8,10,13H,5-6,9,11H2,1-4H3,(H,20,26)(H,21,25)(H,23,24). The highest BCUT2D eigenvalue weighted by atomic mass is 16.4. The Hall–Kier alpha value is -2.57. The highest BCUT2D eigenvalue weighted by Crippen LogP contribution is 2.24. The van der Waals surface area contributed by atoms with Crippen LogP contribution in [-0.2, 0) is 9.59 Å². The number of carboxylic acids is 1. The summed E-state index contributed by atoms with van der Waals surface area (Å²) in [5.74, 6) is -1.50. The lowest BCUT2D eigenvalue weighted by Crippen LogP contribution is -2.44. The first-order chi connectivity index (χ1) is 12.1. The number of carbonyl (C=O) groups excluding carboxylic acids is 2. The van der Waals surface area contributed by atoms with Crippen LogP contribution in [0.4, 0.5) is 16.2 Å². The van der Waals surface area contributed by atoms with Crippen LogP contribution in [0.3, 0.4) is 0 Å². The van der Waals surface area contributed by atoms with E-state index < -0.39 is 17.3 Å². The largest absolute Gasteiger partial charge is 0.481 e. The van der Waals surface area contributed by atoms with Gasteiger partial charge in [-0.3, -0.25) is 9.59 Å². The fraction of sp³-hybridized carbons (Fsp3) is 0.526. The number of piperidine rings is 1. The van der Waals surface area contributed by atoms with Crippen LogP contribution >= 0.6 is 0 Å². The summed E-state index contributed by atoms with van der Waals surface area (Å²) in [7, 11) is 0. The van der Waals surface area contributed by atoms with Crippen molar-refractivity contribution < 1.29 is 19.5 Å².